The Balaban J connectivity index is 2.60. The number of nitrogen functional groups attached to an aromatic ring is 1. The van der Waals surface area contributed by atoms with E-state index < -0.39 is 0 Å². The molecule has 0 saturated heterocycles. The van der Waals surface area contributed by atoms with E-state index in [4.69, 9.17) is 16.2 Å². The van der Waals surface area contributed by atoms with Gasteiger partial charge in [-0.3, -0.25) is 0 Å². The van der Waals surface area contributed by atoms with Crippen LogP contribution in [0.25, 0.3) is 0 Å². The lowest BCUT2D eigenvalue weighted by molar-refractivity contribution is 0.332. The van der Waals surface area contributed by atoms with E-state index in [0.29, 0.717) is 18.0 Å². The molecule has 0 amide bonds. The van der Waals surface area contributed by atoms with Crippen LogP contribution in [0.1, 0.15) is 11.6 Å². The molecular formula is C8H9FN2O. The number of hydrogen-bond acceptors (Lipinski definition) is 3. The van der Waals surface area contributed by atoms with Gasteiger partial charge in [0.1, 0.15) is 18.2 Å². The predicted molar refractivity (Wildman–Crippen MR) is 43.2 cm³/mol. The van der Waals surface area contributed by atoms with Gasteiger partial charge in [0, 0.05) is 17.3 Å². The summed E-state index contributed by atoms with van der Waals surface area (Å²) in [5.41, 5.74) is 12.3. The SMILES string of the molecule is Nc1cc(F)cc2c1[C@H](N)CO2. The molecule has 4 heteroatoms. The lowest BCUT2D eigenvalue weighted by Gasteiger charge is -2.04. The van der Waals surface area contributed by atoms with Gasteiger partial charge in [-0.1, -0.05) is 0 Å². The summed E-state index contributed by atoms with van der Waals surface area (Å²) in [6, 6.07) is 2.34. The molecule has 0 bridgehead atoms. The highest BCUT2D eigenvalue weighted by Crippen LogP contribution is 2.35. The molecule has 1 atom stereocenters. The minimum absolute atomic E-state index is 0.222. The minimum atomic E-state index is -0.389. The highest BCUT2D eigenvalue weighted by atomic mass is 19.1. The van der Waals surface area contributed by atoms with E-state index >= 15 is 0 Å². The molecule has 0 radical (unpaired) electrons. The van der Waals surface area contributed by atoms with Crippen molar-refractivity contribution >= 4 is 5.69 Å². The van der Waals surface area contributed by atoms with Crippen molar-refractivity contribution in [1.82, 2.24) is 0 Å². The van der Waals surface area contributed by atoms with Crippen molar-refractivity contribution in [1.29, 1.82) is 0 Å². The lowest BCUT2D eigenvalue weighted by Crippen LogP contribution is -2.12. The van der Waals surface area contributed by atoms with Crippen molar-refractivity contribution in [2.75, 3.05) is 12.3 Å². The molecule has 0 aromatic heterocycles. The summed E-state index contributed by atoms with van der Waals surface area (Å²) in [5, 5.41) is 0. The summed E-state index contributed by atoms with van der Waals surface area (Å²) in [6.07, 6.45) is 0. The Labute approximate surface area is 69.1 Å². The molecule has 0 fully saturated rings. The third-order valence-corrected chi connectivity index (χ3v) is 1.93. The summed E-state index contributed by atoms with van der Waals surface area (Å²) in [7, 11) is 0. The molecule has 1 aliphatic rings. The van der Waals surface area contributed by atoms with Crippen LogP contribution in [-0.2, 0) is 0 Å². The van der Waals surface area contributed by atoms with Gasteiger partial charge in [0.2, 0.25) is 0 Å². The first-order chi connectivity index (χ1) is 5.68. The third-order valence-electron chi connectivity index (χ3n) is 1.93. The number of benzene rings is 1. The standard InChI is InChI=1S/C8H9FN2O/c9-4-1-5(10)8-6(11)3-12-7(8)2-4/h1-2,6H,3,10-11H2/t6-/m1/s1. The fraction of sp³-hybridized carbons (Fsp3) is 0.250. The van der Waals surface area contributed by atoms with Crippen LogP contribution in [0.4, 0.5) is 10.1 Å². The Hall–Kier alpha value is -1.29. The molecule has 0 saturated carbocycles. The van der Waals surface area contributed by atoms with Crippen LogP contribution in [0, 0.1) is 5.82 Å². The summed E-state index contributed by atoms with van der Waals surface area (Å²) < 4.78 is 17.9. The van der Waals surface area contributed by atoms with Crippen LogP contribution in [0.2, 0.25) is 0 Å². The fourth-order valence-electron chi connectivity index (χ4n) is 1.39. The quantitative estimate of drug-likeness (QED) is 0.563. The van der Waals surface area contributed by atoms with Crippen LogP contribution < -0.4 is 16.2 Å². The van der Waals surface area contributed by atoms with E-state index in [0.717, 1.165) is 5.56 Å². The van der Waals surface area contributed by atoms with E-state index in [9.17, 15) is 4.39 Å². The van der Waals surface area contributed by atoms with Crippen molar-refractivity contribution < 1.29 is 9.13 Å². The second-order valence-corrected chi connectivity index (χ2v) is 2.82. The van der Waals surface area contributed by atoms with Gasteiger partial charge in [0.25, 0.3) is 0 Å². The highest BCUT2D eigenvalue weighted by Gasteiger charge is 2.23. The number of rotatable bonds is 0. The van der Waals surface area contributed by atoms with Crippen molar-refractivity contribution in [3.8, 4) is 5.75 Å². The van der Waals surface area contributed by atoms with Crippen molar-refractivity contribution in [2.45, 2.75) is 6.04 Å². The molecule has 1 aromatic carbocycles. The largest absolute Gasteiger partial charge is 0.491 e. The predicted octanol–water partition coefficient (Wildman–Crippen LogP) is 0.800. The Kier molecular flexibility index (Phi) is 1.44. The number of halogens is 1. The Morgan fingerprint density at radius 2 is 2.25 bits per heavy atom. The molecule has 12 heavy (non-hydrogen) atoms. The molecule has 4 N–H and O–H groups in total. The van der Waals surface area contributed by atoms with E-state index in [-0.39, 0.29) is 11.9 Å². The molecule has 0 unspecified atom stereocenters. The average molecular weight is 168 g/mol. The fourth-order valence-corrected chi connectivity index (χ4v) is 1.39. The van der Waals surface area contributed by atoms with Crippen molar-refractivity contribution in [2.24, 2.45) is 5.73 Å². The van der Waals surface area contributed by atoms with E-state index in [1.54, 1.807) is 0 Å². The maximum absolute atomic E-state index is 12.7. The molecule has 1 aromatic rings. The van der Waals surface area contributed by atoms with Crippen LogP contribution in [0.5, 0.6) is 5.75 Å². The summed E-state index contributed by atoms with van der Waals surface area (Å²) in [6.45, 7) is 0.378. The zero-order valence-corrected chi connectivity index (χ0v) is 6.38. The van der Waals surface area contributed by atoms with Crippen molar-refractivity contribution in [3.05, 3.63) is 23.5 Å². The second kappa shape index (κ2) is 2.35. The van der Waals surface area contributed by atoms with Gasteiger partial charge in [-0.05, 0) is 6.07 Å². The van der Waals surface area contributed by atoms with Gasteiger partial charge in [-0.25, -0.2) is 4.39 Å². The molecule has 3 nitrogen and oxygen atoms in total. The number of fused-ring (bicyclic) bond motifs is 1. The van der Waals surface area contributed by atoms with E-state index in [2.05, 4.69) is 0 Å². The molecule has 64 valence electrons. The summed E-state index contributed by atoms with van der Waals surface area (Å²) in [5.74, 6) is 0.0837. The first kappa shape index (κ1) is 7.36. The third kappa shape index (κ3) is 0.921. The number of ether oxygens (including phenoxy) is 1. The Morgan fingerprint density at radius 3 is 3.00 bits per heavy atom. The normalized spacial score (nSPS) is 20.3. The van der Waals surface area contributed by atoms with Gasteiger partial charge in [0.15, 0.2) is 0 Å². The highest BCUT2D eigenvalue weighted by molar-refractivity contribution is 5.57. The number of nitrogens with two attached hydrogens (primary N) is 2. The Morgan fingerprint density at radius 1 is 1.50 bits per heavy atom. The molecule has 0 aliphatic carbocycles. The van der Waals surface area contributed by atoms with Crippen LogP contribution in [0.3, 0.4) is 0 Å². The Bertz CT molecular complexity index is 327. The summed E-state index contributed by atoms with van der Waals surface area (Å²) in [4.78, 5) is 0. The van der Waals surface area contributed by atoms with Gasteiger partial charge in [-0.15, -0.1) is 0 Å². The molecule has 1 heterocycles. The molecular weight excluding hydrogens is 159 g/mol. The zero-order valence-electron chi connectivity index (χ0n) is 6.38. The second-order valence-electron chi connectivity index (χ2n) is 2.82. The van der Waals surface area contributed by atoms with Crippen LogP contribution >= 0.6 is 0 Å². The average Bonchev–Trinajstić information content (AvgIpc) is 2.31. The number of hydrogen-bond donors (Lipinski definition) is 2. The zero-order chi connectivity index (χ0) is 8.72. The number of anilines is 1. The molecule has 1 aliphatic heterocycles. The van der Waals surface area contributed by atoms with Gasteiger partial charge >= 0.3 is 0 Å². The maximum Gasteiger partial charge on any atom is 0.129 e. The summed E-state index contributed by atoms with van der Waals surface area (Å²) >= 11 is 0. The lowest BCUT2D eigenvalue weighted by atomic mass is 10.1. The molecule has 2 rings (SSSR count). The van der Waals surface area contributed by atoms with E-state index in [1.165, 1.54) is 12.1 Å². The first-order valence-electron chi connectivity index (χ1n) is 3.66. The van der Waals surface area contributed by atoms with Gasteiger partial charge in [0.05, 0.1) is 6.04 Å². The monoisotopic (exact) mass is 168 g/mol. The topological polar surface area (TPSA) is 61.3 Å². The molecule has 0 spiro atoms. The van der Waals surface area contributed by atoms with Gasteiger partial charge in [-0.2, -0.15) is 0 Å². The van der Waals surface area contributed by atoms with Crippen molar-refractivity contribution in [3.63, 3.8) is 0 Å². The minimum Gasteiger partial charge on any atom is -0.491 e. The van der Waals surface area contributed by atoms with Crippen LogP contribution in [-0.4, -0.2) is 6.61 Å². The van der Waals surface area contributed by atoms with E-state index in [1.807, 2.05) is 0 Å². The first-order valence-corrected chi connectivity index (χ1v) is 3.66. The van der Waals surface area contributed by atoms with Crippen LogP contribution in [0.15, 0.2) is 12.1 Å². The smallest absolute Gasteiger partial charge is 0.129 e. The maximum atomic E-state index is 12.7. The van der Waals surface area contributed by atoms with Gasteiger partial charge < -0.3 is 16.2 Å².